The van der Waals surface area contributed by atoms with Crippen LogP contribution in [0, 0.1) is 0 Å². The van der Waals surface area contributed by atoms with Gasteiger partial charge in [0.05, 0.1) is 17.7 Å². The molecule has 0 radical (unpaired) electrons. The zero-order valence-electron chi connectivity index (χ0n) is 16.2. The quantitative estimate of drug-likeness (QED) is 0.541. The zero-order chi connectivity index (χ0) is 20.9. The van der Waals surface area contributed by atoms with Crippen molar-refractivity contribution in [3.63, 3.8) is 0 Å². The number of halogens is 3. The second kappa shape index (κ2) is 8.59. The first-order valence-corrected chi connectivity index (χ1v) is 8.80. The van der Waals surface area contributed by atoms with Crippen LogP contribution in [0.2, 0.25) is 0 Å². The van der Waals surface area contributed by atoms with E-state index in [0.717, 1.165) is 12.1 Å². The molecule has 2 rings (SSSR count). The van der Waals surface area contributed by atoms with Gasteiger partial charge in [-0.25, -0.2) is 0 Å². The molecule has 0 spiro atoms. The van der Waals surface area contributed by atoms with E-state index in [2.05, 4.69) is 30.9 Å². The lowest BCUT2D eigenvalue weighted by Crippen LogP contribution is -2.36. The van der Waals surface area contributed by atoms with Crippen LogP contribution in [0.1, 0.15) is 38.8 Å². The molecular formula is C18H25F3N6O. The Labute approximate surface area is 161 Å². The van der Waals surface area contributed by atoms with Crippen LogP contribution in [-0.2, 0) is 12.7 Å². The number of alkyl halides is 3. The van der Waals surface area contributed by atoms with E-state index in [4.69, 9.17) is 0 Å². The fourth-order valence-corrected chi connectivity index (χ4v) is 2.21. The van der Waals surface area contributed by atoms with Crippen LogP contribution in [0.15, 0.2) is 24.3 Å². The molecule has 28 heavy (non-hydrogen) atoms. The fraction of sp³-hybridized carbons (Fsp3) is 0.500. The molecule has 0 saturated heterocycles. The summed E-state index contributed by atoms with van der Waals surface area (Å²) in [5.41, 5.74) is -0.926. The van der Waals surface area contributed by atoms with Gasteiger partial charge in [-0.15, -0.1) is 0 Å². The molecule has 0 atom stereocenters. The number of nitrogens with one attached hydrogen (secondary N) is 3. The van der Waals surface area contributed by atoms with E-state index in [9.17, 15) is 18.3 Å². The highest BCUT2D eigenvalue weighted by Gasteiger charge is 2.30. The van der Waals surface area contributed by atoms with Crippen molar-refractivity contribution < 1.29 is 18.3 Å². The molecule has 2 aromatic rings. The second-order valence-electron chi connectivity index (χ2n) is 7.32. The van der Waals surface area contributed by atoms with E-state index in [1.807, 2.05) is 13.8 Å². The first-order chi connectivity index (χ1) is 13.0. The summed E-state index contributed by atoms with van der Waals surface area (Å²) in [6.07, 6.45) is -4.40. The first-order valence-electron chi connectivity index (χ1n) is 8.80. The molecule has 0 aliphatic heterocycles. The van der Waals surface area contributed by atoms with Gasteiger partial charge in [-0.05, 0) is 45.4 Å². The van der Waals surface area contributed by atoms with E-state index in [1.54, 1.807) is 19.9 Å². The maximum absolute atomic E-state index is 12.9. The maximum Gasteiger partial charge on any atom is 0.416 e. The Hall–Kier alpha value is -2.62. The van der Waals surface area contributed by atoms with Gasteiger partial charge >= 0.3 is 6.18 Å². The topological polar surface area (TPSA) is 95.0 Å². The number of hydrogen-bond donors (Lipinski definition) is 4. The minimum absolute atomic E-state index is 0.0671. The highest BCUT2D eigenvalue weighted by atomic mass is 19.4. The van der Waals surface area contributed by atoms with Gasteiger partial charge in [0.15, 0.2) is 0 Å². The lowest BCUT2D eigenvalue weighted by Gasteiger charge is -2.24. The van der Waals surface area contributed by atoms with Crippen molar-refractivity contribution in [1.29, 1.82) is 0 Å². The minimum Gasteiger partial charge on any atom is -0.394 e. The van der Waals surface area contributed by atoms with Crippen LogP contribution < -0.4 is 16.0 Å². The van der Waals surface area contributed by atoms with Crippen molar-refractivity contribution in [2.45, 2.75) is 52.0 Å². The average molecular weight is 398 g/mol. The third kappa shape index (κ3) is 6.52. The van der Waals surface area contributed by atoms with Crippen molar-refractivity contribution in [3.05, 3.63) is 35.4 Å². The lowest BCUT2D eigenvalue weighted by molar-refractivity contribution is -0.137. The highest BCUT2D eigenvalue weighted by molar-refractivity contribution is 5.44. The zero-order valence-corrected chi connectivity index (χ0v) is 16.2. The number of hydrogen-bond acceptors (Lipinski definition) is 7. The molecule has 1 aromatic heterocycles. The van der Waals surface area contributed by atoms with Gasteiger partial charge in [0, 0.05) is 12.6 Å². The number of aromatic nitrogens is 3. The number of nitrogens with zero attached hydrogens (tertiary/aromatic N) is 3. The van der Waals surface area contributed by atoms with Crippen LogP contribution in [0.3, 0.4) is 0 Å². The van der Waals surface area contributed by atoms with Gasteiger partial charge in [0.1, 0.15) is 0 Å². The lowest BCUT2D eigenvalue weighted by atomic mass is 10.1. The molecule has 0 bridgehead atoms. The summed E-state index contributed by atoms with van der Waals surface area (Å²) in [6, 6.07) is 5.11. The van der Waals surface area contributed by atoms with Crippen LogP contribution in [0.4, 0.5) is 31.0 Å². The van der Waals surface area contributed by atoms with Crippen molar-refractivity contribution in [1.82, 2.24) is 15.0 Å². The van der Waals surface area contributed by atoms with Crippen LogP contribution in [0.5, 0.6) is 0 Å². The predicted octanol–water partition coefficient (Wildman–Crippen LogP) is 3.51. The van der Waals surface area contributed by atoms with Crippen LogP contribution >= 0.6 is 0 Å². The Morgan fingerprint density at radius 1 is 1.04 bits per heavy atom. The number of aliphatic hydroxyl groups is 1. The van der Waals surface area contributed by atoms with E-state index < -0.39 is 17.3 Å². The Balaban J connectivity index is 2.22. The van der Waals surface area contributed by atoms with Gasteiger partial charge in [0.2, 0.25) is 17.8 Å². The molecule has 0 saturated carbocycles. The number of benzene rings is 1. The fourth-order valence-electron chi connectivity index (χ4n) is 2.21. The standard InChI is InChI=1S/C18H25F3N6O/c1-11(2)23-15-24-14(25-16(26-15)27-17(3,4)10-28)22-9-12-6-5-7-13(8-12)18(19,20)21/h5-8,11,28H,9-10H2,1-4H3,(H3,22,23,24,25,26,27). The van der Waals surface area contributed by atoms with E-state index >= 15 is 0 Å². The Morgan fingerprint density at radius 3 is 2.29 bits per heavy atom. The smallest absolute Gasteiger partial charge is 0.394 e. The molecule has 0 aliphatic carbocycles. The largest absolute Gasteiger partial charge is 0.416 e. The summed E-state index contributed by atoms with van der Waals surface area (Å²) in [7, 11) is 0. The minimum atomic E-state index is -4.40. The SMILES string of the molecule is CC(C)Nc1nc(NCc2cccc(C(F)(F)F)c2)nc(NC(C)(C)CO)n1. The number of rotatable bonds is 8. The third-order valence-corrected chi connectivity index (χ3v) is 3.60. The average Bonchev–Trinajstić information content (AvgIpc) is 2.58. The van der Waals surface area contributed by atoms with Crippen molar-refractivity contribution in [3.8, 4) is 0 Å². The molecule has 0 unspecified atom stereocenters. The molecule has 0 fully saturated rings. The van der Waals surface area contributed by atoms with Crippen LogP contribution in [-0.4, -0.2) is 38.2 Å². The summed E-state index contributed by atoms with van der Waals surface area (Å²) in [5.74, 6) is 0.753. The maximum atomic E-state index is 12.9. The molecule has 0 aliphatic rings. The number of anilines is 3. The molecule has 1 aromatic carbocycles. The third-order valence-electron chi connectivity index (χ3n) is 3.60. The molecule has 154 valence electrons. The molecule has 7 nitrogen and oxygen atoms in total. The van der Waals surface area contributed by atoms with Gasteiger partial charge in [-0.1, -0.05) is 12.1 Å². The molecule has 0 amide bonds. The van der Waals surface area contributed by atoms with Crippen molar-refractivity contribution in [2.24, 2.45) is 0 Å². The number of aliphatic hydroxyl groups excluding tert-OH is 1. The Kier molecular flexibility index (Phi) is 6.65. The molecular weight excluding hydrogens is 373 g/mol. The van der Waals surface area contributed by atoms with Crippen LogP contribution in [0.25, 0.3) is 0 Å². The Morgan fingerprint density at radius 2 is 1.68 bits per heavy atom. The summed E-state index contributed by atoms with van der Waals surface area (Å²) < 4.78 is 38.6. The summed E-state index contributed by atoms with van der Waals surface area (Å²) in [5, 5.41) is 18.4. The van der Waals surface area contributed by atoms with Gasteiger partial charge in [-0.3, -0.25) is 0 Å². The van der Waals surface area contributed by atoms with Gasteiger partial charge in [-0.2, -0.15) is 28.1 Å². The summed E-state index contributed by atoms with van der Waals surface area (Å²) in [4.78, 5) is 12.8. The van der Waals surface area contributed by atoms with Crippen molar-refractivity contribution >= 4 is 17.8 Å². The Bertz CT molecular complexity index is 795. The predicted molar refractivity (Wildman–Crippen MR) is 102 cm³/mol. The summed E-state index contributed by atoms with van der Waals surface area (Å²) in [6.45, 7) is 7.37. The van der Waals surface area contributed by atoms with E-state index in [0.29, 0.717) is 11.5 Å². The summed E-state index contributed by atoms with van der Waals surface area (Å²) >= 11 is 0. The second-order valence-corrected chi connectivity index (χ2v) is 7.32. The van der Waals surface area contributed by atoms with Gasteiger partial charge in [0.25, 0.3) is 0 Å². The first kappa shape index (κ1) is 21.7. The van der Waals surface area contributed by atoms with E-state index in [-0.39, 0.29) is 31.1 Å². The molecule has 4 N–H and O–H groups in total. The van der Waals surface area contributed by atoms with Crippen molar-refractivity contribution in [2.75, 3.05) is 22.6 Å². The highest BCUT2D eigenvalue weighted by Crippen LogP contribution is 2.29. The normalized spacial score (nSPS) is 12.2. The van der Waals surface area contributed by atoms with Gasteiger partial charge < -0.3 is 21.1 Å². The van der Waals surface area contributed by atoms with E-state index in [1.165, 1.54) is 6.07 Å². The monoisotopic (exact) mass is 398 g/mol. The molecule has 1 heterocycles. The molecule has 10 heteroatoms.